The number of nitriles is 1. The van der Waals surface area contributed by atoms with Crippen molar-refractivity contribution < 1.29 is 9.47 Å². The van der Waals surface area contributed by atoms with Gasteiger partial charge in [0.25, 0.3) is 0 Å². The van der Waals surface area contributed by atoms with E-state index in [1.54, 1.807) is 14.2 Å². The summed E-state index contributed by atoms with van der Waals surface area (Å²) in [6.45, 7) is 0. The first kappa shape index (κ1) is 13.7. The average molecular weight is 265 g/mol. The zero-order valence-corrected chi connectivity index (χ0v) is 11.5. The Morgan fingerprint density at radius 1 is 0.950 bits per heavy atom. The third-order valence-corrected chi connectivity index (χ3v) is 2.97. The molecule has 2 aromatic rings. The molecular formula is C17H15NO2. The molecule has 2 aromatic carbocycles. The number of rotatable bonds is 4. The number of methoxy groups -OCH3 is 2. The molecule has 0 radical (unpaired) electrons. The quantitative estimate of drug-likeness (QED) is 0.792. The lowest BCUT2D eigenvalue weighted by Crippen LogP contribution is -1.91. The van der Waals surface area contributed by atoms with E-state index in [-0.39, 0.29) is 0 Å². The average Bonchev–Trinajstić information content (AvgIpc) is 2.52. The van der Waals surface area contributed by atoms with Crippen molar-refractivity contribution in [3.8, 4) is 17.6 Å². The maximum atomic E-state index is 9.02. The van der Waals surface area contributed by atoms with Gasteiger partial charge in [-0.15, -0.1) is 0 Å². The molecule has 2 rings (SSSR count). The highest BCUT2D eigenvalue weighted by Crippen LogP contribution is 2.28. The summed E-state index contributed by atoms with van der Waals surface area (Å²) in [5, 5.41) is 9.02. The van der Waals surface area contributed by atoms with Crippen LogP contribution in [-0.2, 0) is 0 Å². The van der Waals surface area contributed by atoms with Crippen molar-refractivity contribution >= 4 is 5.57 Å². The summed E-state index contributed by atoms with van der Waals surface area (Å²) in [7, 11) is 3.25. The molecule has 0 saturated carbocycles. The topological polar surface area (TPSA) is 42.2 Å². The molecule has 0 aliphatic rings. The Morgan fingerprint density at radius 2 is 1.45 bits per heavy atom. The lowest BCUT2D eigenvalue weighted by molar-refractivity contribution is 0.414. The smallest absolute Gasteiger partial charge is 0.119 e. The molecule has 0 heterocycles. The molecule has 0 atom stereocenters. The molecule has 0 saturated heterocycles. The molecule has 0 aliphatic carbocycles. The van der Waals surface area contributed by atoms with Crippen molar-refractivity contribution in [1.29, 1.82) is 5.26 Å². The maximum absolute atomic E-state index is 9.02. The van der Waals surface area contributed by atoms with Crippen LogP contribution in [0, 0.1) is 11.3 Å². The van der Waals surface area contributed by atoms with E-state index in [0.717, 1.165) is 28.2 Å². The standard InChI is InChI=1S/C17H15NO2/c1-19-15-7-3-5-13(11-15)17(9-10-18)14-6-4-8-16(12-14)20-2/h3-9,11-12H,1-2H3. The fourth-order valence-corrected chi connectivity index (χ4v) is 1.98. The van der Waals surface area contributed by atoms with E-state index >= 15 is 0 Å². The first-order valence-corrected chi connectivity index (χ1v) is 6.17. The van der Waals surface area contributed by atoms with Gasteiger partial charge in [-0.2, -0.15) is 5.26 Å². The number of benzene rings is 2. The SMILES string of the molecule is COc1cccc(C(=CC#N)c2cccc(OC)c2)c1. The highest BCUT2D eigenvalue weighted by atomic mass is 16.5. The van der Waals surface area contributed by atoms with E-state index in [2.05, 4.69) is 6.07 Å². The first-order valence-electron chi connectivity index (χ1n) is 6.17. The largest absolute Gasteiger partial charge is 0.497 e. The van der Waals surface area contributed by atoms with E-state index in [4.69, 9.17) is 14.7 Å². The third-order valence-electron chi connectivity index (χ3n) is 2.97. The Labute approximate surface area is 118 Å². The van der Waals surface area contributed by atoms with E-state index in [1.807, 2.05) is 48.5 Å². The molecule has 100 valence electrons. The van der Waals surface area contributed by atoms with Crippen molar-refractivity contribution in [3.63, 3.8) is 0 Å². The second kappa shape index (κ2) is 6.44. The van der Waals surface area contributed by atoms with Crippen LogP contribution < -0.4 is 9.47 Å². The summed E-state index contributed by atoms with van der Waals surface area (Å²) >= 11 is 0. The molecule has 0 amide bonds. The predicted molar refractivity (Wildman–Crippen MR) is 78.7 cm³/mol. The third kappa shape index (κ3) is 2.99. The second-order valence-corrected chi connectivity index (χ2v) is 4.15. The van der Waals surface area contributed by atoms with Crippen molar-refractivity contribution in [2.75, 3.05) is 14.2 Å². The summed E-state index contributed by atoms with van der Waals surface area (Å²) in [6.07, 6.45) is 1.53. The van der Waals surface area contributed by atoms with Crippen LogP contribution in [0.1, 0.15) is 11.1 Å². The lowest BCUT2D eigenvalue weighted by atomic mass is 9.97. The van der Waals surface area contributed by atoms with Gasteiger partial charge in [-0.25, -0.2) is 0 Å². The highest BCUT2D eigenvalue weighted by molar-refractivity contribution is 5.82. The predicted octanol–water partition coefficient (Wildman–Crippen LogP) is 3.66. The van der Waals surface area contributed by atoms with Gasteiger partial charge in [-0.3, -0.25) is 0 Å². The summed E-state index contributed by atoms with van der Waals surface area (Å²) < 4.78 is 10.5. The van der Waals surface area contributed by atoms with Crippen molar-refractivity contribution in [3.05, 3.63) is 65.7 Å². The number of allylic oxidation sites excluding steroid dienone is 1. The lowest BCUT2D eigenvalue weighted by Gasteiger charge is -2.10. The zero-order chi connectivity index (χ0) is 14.4. The van der Waals surface area contributed by atoms with Crippen molar-refractivity contribution in [2.24, 2.45) is 0 Å². The van der Waals surface area contributed by atoms with Crippen LogP contribution in [0.2, 0.25) is 0 Å². The first-order chi connectivity index (χ1) is 9.78. The van der Waals surface area contributed by atoms with Gasteiger partial charge in [0.2, 0.25) is 0 Å². The Bertz CT molecular complexity index is 619. The summed E-state index contributed by atoms with van der Waals surface area (Å²) in [5.41, 5.74) is 2.70. The van der Waals surface area contributed by atoms with Crippen molar-refractivity contribution in [1.82, 2.24) is 0 Å². The van der Waals surface area contributed by atoms with E-state index in [9.17, 15) is 0 Å². The van der Waals surface area contributed by atoms with Gasteiger partial charge in [-0.1, -0.05) is 24.3 Å². The molecule has 0 bridgehead atoms. The minimum atomic E-state index is 0.759. The van der Waals surface area contributed by atoms with Crippen LogP contribution in [0.25, 0.3) is 5.57 Å². The normalized spacial score (nSPS) is 9.45. The zero-order valence-electron chi connectivity index (χ0n) is 11.5. The number of nitrogens with zero attached hydrogens (tertiary/aromatic N) is 1. The fraction of sp³-hybridized carbons (Fsp3) is 0.118. The summed E-state index contributed by atoms with van der Waals surface area (Å²) in [5.74, 6) is 1.52. The Morgan fingerprint density at radius 3 is 1.85 bits per heavy atom. The molecule has 20 heavy (non-hydrogen) atoms. The Balaban J connectivity index is 2.51. The van der Waals surface area contributed by atoms with Crippen LogP contribution in [-0.4, -0.2) is 14.2 Å². The van der Waals surface area contributed by atoms with Gasteiger partial charge in [0, 0.05) is 6.08 Å². The fourth-order valence-electron chi connectivity index (χ4n) is 1.98. The van der Waals surface area contributed by atoms with Crippen LogP contribution in [0.5, 0.6) is 11.5 Å². The summed E-state index contributed by atoms with van der Waals surface area (Å²) in [4.78, 5) is 0. The van der Waals surface area contributed by atoms with Gasteiger partial charge in [0.05, 0.1) is 20.3 Å². The van der Waals surface area contributed by atoms with Crippen LogP contribution in [0.4, 0.5) is 0 Å². The van der Waals surface area contributed by atoms with Crippen LogP contribution in [0.3, 0.4) is 0 Å². The van der Waals surface area contributed by atoms with Crippen LogP contribution in [0.15, 0.2) is 54.6 Å². The molecular weight excluding hydrogens is 250 g/mol. The Kier molecular flexibility index (Phi) is 4.41. The molecule has 3 nitrogen and oxygen atoms in total. The minimum Gasteiger partial charge on any atom is -0.497 e. The Hall–Kier alpha value is -2.73. The number of ether oxygens (including phenoxy) is 2. The second-order valence-electron chi connectivity index (χ2n) is 4.15. The molecule has 0 unspecified atom stereocenters. The molecule has 0 N–H and O–H groups in total. The molecule has 3 heteroatoms. The van der Waals surface area contributed by atoms with Gasteiger partial charge in [0.1, 0.15) is 11.5 Å². The van der Waals surface area contributed by atoms with E-state index in [0.29, 0.717) is 0 Å². The van der Waals surface area contributed by atoms with Gasteiger partial charge in [-0.05, 0) is 41.0 Å². The number of hydrogen-bond acceptors (Lipinski definition) is 3. The molecule has 0 fully saturated rings. The minimum absolute atomic E-state index is 0.759. The van der Waals surface area contributed by atoms with E-state index < -0.39 is 0 Å². The number of hydrogen-bond donors (Lipinski definition) is 0. The summed E-state index contributed by atoms with van der Waals surface area (Å²) in [6, 6.07) is 17.4. The molecule has 0 aliphatic heterocycles. The van der Waals surface area contributed by atoms with Crippen molar-refractivity contribution in [2.45, 2.75) is 0 Å². The highest BCUT2D eigenvalue weighted by Gasteiger charge is 2.07. The maximum Gasteiger partial charge on any atom is 0.119 e. The van der Waals surface area contributed by atoms with Gasteiger partial charge >= 0.3 is 0 Å². The van der Waals surface area contributed by atoms with Gasteiger partial charge in [0.15, 0.2) is 0 Å². The van der Waals surface area contributed by atoms with E-state index in [1.165, 1.54) is 6.08 Å². The monoisotopic (exact) mass is 265 g/mol. The molecule has 0 aromatic heterocycles. The van der Waals surface area contributed by atoms with Crippen LogP contribution >= 0.6 is 0 Å². The molecule has 0 spiro atoms. The van der Waals surface area contributed by atoms with Gasteiger partial charge < -0.3 is 9.47 Å².